The Morgan fingerprint density at radius 1 is 1.15 bits per heavy atom. The molecular formula is C21H33NO5. The van der Waals surface area contributed by atoms with Crippen LogP contribution in [0.25, 0.3) is 0 Å². The third-order valence-corrected chi connectivity index (χ3v) is 4.72. The highest BCUT2D eigenvalue weighted by molar-refractivity contribution is 6.27. The van der Waals surface area contributed by atoms with Gasteiger partial charge in [-0.25, -0.2) is 9.59 Å². The molecule has 0 bridgehead atoms. The number of hydrogen-bond acceptors (Lipinski definition) is 4. The predicted molar refractivity (Wildman–Crippen MR) is 105 cm³/mol. The summed E-state index contributed by atoms with van der Waals surface area (Å²) < 4.78 is 5.88. The molecule has 1 saturated heterocycles. The number of nitrogens with zero attached hydrogens (tertiary/aromatic N) is 1. The van der Waals surface area contributed by atoms with Crippen LogP contribution < -0.4 is 4.74 Å². The van der Waals surface area contributed by atoms with E-state index in [0.717, 1.165) is 24.7 Å². The van der Waals surface area contributed by atoms with Gasteiger partial charge in [0.05, 0.1) is 6.61 Å². The number of unbranched alkanes of at least 4 members (excludes halogenated alkanes) is 1. The molecule has 0 amide bonds. The first-order valence-corrected chi connectivity index (χ1v) is 9.71. The van der Waals surface area contributed by atoms with Crippen LogP contribution in [-0.4, -0.2) is 53.3 Å². The van der Waals surface area contributed by atoms with Gasteiger partial charge in [-0.2, -0.15) is 0 Å². The van der Waals surface area contributed by atoms with Crippen molar-refractivity contribution in [2.45, 2.75) is 52.4 Å². The molecule has 1 aromatic rings. The molecule has 1 fully saturated rings. The molecular weight excluding hydrogens is 346 g/mol. The number of rotatable bonds is 7. The van der Waals surface area contributed by atoms with Crippen LogP contribution in [0.5, 0.6) is 5.75 Å². The average molecular weight is 379 g/mol. The average Bonchev–Trinajstić information content (AvgIpc) is 2.63. The molecule has 1 aliphatic heterocycles. The first-order valence-electron chi connectivity index (χ1n) is 9.71. The topological polar surface area (TPSA) is 87.1 Å². The zero-order valence-electron chi connectivity index (χ0n) is 16.7. The third kappa shape index (κ3) is 9.99. The summed E-state index contributed by atoms with van der Waals surface area (Å²) in [5.74, 6) is -1.13. The number of aliphatic carboxylic acids is 2. The molecule has 6 nitrogen and oxygen atoms in total. The molecule has 1 heterocycles. The van der Waals surface area contributed by atoms with E-state index in [1.165, 1.54) is 44.5 Å². The summed E-state index contributed by atoms with van der Waals surface area (Å²) in [6.45, 7) is 11.5. The van der Waals surface area contributed by atoms with Crippen molar-refractivity contribution in [3.8, 4) is 5.75 Å². The lowest BCUT2D eigenvalue weighted by Gasteiger charge is -2.30. The van der Waals surface area contributed by atoms with Gasteiger partial charge < -0.3 is 19.8 Å². The van der Waals surface area contributed by atoms with Gasteiger partial charge in [-0.3, -0.25) is 0 Å². The molecule has 152 valence electrons. The number of ether oxygens (including phenoxy) is 1. The maximum Gasteiger partial charge on any atom is 0.414 e. The molecule has 6 heteroatoms. The molecule has 0 unspecified atom stereocenters. The van der Waals surface area contributed by atoms with Crippen LogP contribution in [0, 0.1) is 5.92 Å². The maximum atomic E-state index is 9.10. The zero-order valence-corrected chi connectivity index (χ0v) is 16.7. The number of benzene rings is 1. The van der Waals surface area contributed by atoms with Gasteiger partial charge in [0.2, 0.25) is 0 Å². The molecule has 2 rings (SSSR count). The third-order valence-electron chi connectivity index (χ3n) is 4.72. The summed E-state index contributed by atoms with van der Waals surface area (Å²) in [6.07, 6.45) is 5.15. The van der Waals surface area contributed by atoms with Gasteiger partial charge in [0.1, 0.15) is 5.75 Å². The van der Waals surface area contributed by atoms with Gasteiger partial charge in [-0.15, -0.1) is 0 Å². The van der Waals surface area contributed by atoms with Crippen LogP contribution >= 0.6 is 0 Å². The lowest BCUT2D eigenvalue weighted by Crippen LogP contribution is -2.33. The Balaban J connectivity index is 0.000000527. The zero-order chi connectivity index (χ0) is 20.2. The van der Waals surface area contributed by atoms with Gasteiger partial charge in [-0.05, 0) is 74.8 Å². The predicted octanol–water partition coefficient (Wildman–Crippen LogP) is 3.86. The lowest BCUT2D eigenvalue weighted by atomic mass is 9.99. The summed E-state index contributed by atoms with van der Waals surface area (Å²) in [6, 6.07) is 8.52. The highest BCUT2D eigenvalue weighted by Crippen LogP contribution is 2.20. The summed E-state index contributed by atoms with van der Waals surface area (Å²) in [4.78, 5) is 20.8. The van der Waals surface area contributed by atoms with Crippen molar-refractivity contribution in [1.29, 1.82) is 0 Å². The Labute approximate surface area is 162 Å². The first kappa shape index (κ1) is 23.0. The minimum absolute atomic E-state index is 0.565. The molecule has 1 aromatic carbocycles. The number of likely N-dealkylation sites (tertiary alicyclic amines) is 1. The molecule has 0 atom stereocenters. The Bertz CT molecular complexity index is 568. The number of hydrogen-bond donors (Lipinski definition) is 2. The van der Waals surface area contributed by atoms with E-state index < -0.39 is 11.9 Å². The van der Waals surface area contributed by atoms with Crippen molar-refractivity contribution >= 4 is 11.9 Å². The van der Waals surface area contributed by atoms with E-state index in [1.54, 1.807) is 0 Å². The van der Waals surface area contributed by atoms with Crippen molar-refractivity contribution < 1.29 is 24.5 Å². The van der Waals surface area contributed by atoms with E-state index in [9.17, 15) is 0 Å². The second-order valence-electron chi connectivity index (χ2n) is 7.42. The summed E-state index contributed by atoms with van der Waals surface area (Å²) in [5, 5.41) is 14.8. The van der Waals surface area contributed by atoms with Crippen molar-refractivity contribution in [3.05, 3.63) is 29.8 Å². The van der Waals surface area contributed by atoms with Crippen LogP contribution in [0.15, 0.2) is 24.3 Å². The first-order chi connectivity index (χ1) is 12.8. The van der Waals surface area contributed by atoms with E-state index in [1.807, 2.05) is 0 Å². The number of carbonyl (C=O) groups is 2. The summed E-state index contributed by atoms with van der Waals surface area (Å²) in [7, 11) is 0. The standard InChI is InChI=1S/C19H31NO.C2H2O4/c1-16(2)18-7-6-8-19(15-18)21-14-5-4-11-20-12-9-17(3)10-13-20;3-1(4)2(5)6/h6-8,15-17H,4-5,9-14H2,1-3H3;(H,3,4)(H,5,6). The van der Waals surface area contributed by atoms with Crippen molar-refractivity contribution in [2.24, 2.45) is 5.92 Å². The quantitative estimate of drug-likeness (QED) is 0.553. The Kier molecular flexibility index (Phi) is 10.5. The Morgan fingerprint density at radius 2 is 1.78 bits per heavy atom. The molecule has 2 N–H and O–H groups in total. The fourth-order valence-corrected chi connectivity index (χ4v) is 2.88. The van der Waals surface area contributed by atoms with E-state index in [-0.39, 0.29) is 0 Å². The molecule has 0 aromatic heterocycles. The maximum absolute atomic E-state index is 9.10. The molecule has 27 heavy (non-hydrogen) atoms. The van der Waals surface area contributed by atoms with E-state index in [4.69, 9.17) is 24.5 Å². The van der Waals surface area contributed by atoms with Gasteiger partial charge >= 0.3 is 11.9 Å². The van der Waals surface area contributed by atoms with Crippen LogP contribution in [-0.2, 0) is 9.59 Å². The van der Waals surface area contributed by atoms with E-state index in [2.05, 4.69) is 49.9 Å². The van der Waals surface area contributed by atoms with Crippen LogP contribution in [0.1, 0.15) is 57.9 Å². The van der Waals surface area contributed by atoms with Gasteiger partial charge in [-0.1, -0.05) is 32.9 Å². The fourth-order valence-electron chi connectivity index (χ4n) is 2.88. The van der Waals surface area contributed by atoms with Crippen molar-refractivity contribution in [3.63, 3.8) is 0 Å². The van der Waals surface area contributed by atoms with Crippen molar-refractivity contribution in [1.82, 2.24) is 4.90 Å². The molecule has 0 spiro atoms. The lowest BCUT2D eigenvalue weighted by molar-refractivity contribution is -0.159. The van der Waals surface area contributed by atoms with Gasteiger partial charge in [0.25, 0.3) is 0 Å². The number of piperidine rings is 1. The molecule has 1 aliphatic rings. The SMILES string of the molecule is CC1CCN(CCCCOc2cccc(C(C)C)c2)CC1.O=C(O)C(=O)O. The highest BCUT2D eigenvalue weighted by Gasteiger charge is 2.14. The minimum Gasteiger partial charge on any atom is -0.494 e. The van der Waals surface area contributed by atoms with Crippen LogP contribution in [0.3, 0.4) is 0 Å². The second-order valence-corrected chi connectivity index (χ2v) is 7.42. The molecule has 0 aliphatic carbocycles. The van der Waals surface area contributed by atoms with Gasteiger partial charge in [0.15, 0.2) is 0 Å². The van der Waals surface area contributed by atoms with E-state index >= 15 is 0 Å². The molecule has 0 radical (unpaired) electrons. The number of carboxylic acids is 2. The summed E-state index contributed by atoms with van der Waals surface area (Å²) >= 11 is 0. The van der Waals surface area contributed by atoms with Gasteiger partial charge in [0, 0.05) is 0 Å². The fraction of sp³-hybridized carbons (Fsp3) is 0.619. The molecule has 0 saturated carbocycles. The van der Waals surface area contributed by atoms with E-state index in [0.29, 0.717) is 5.92 Å². The normalized spacial score (nSPS) is 15.1. The van der Waals surface area contributed by atoms with Crippen LogP contribution in [0.2, 0.25) is 0 Å². The highest BCUT2D eigenvalue weighted by atomic mass is 16.5. The second kappa shape index (κ2) is 12.3. The Morgan fingerprint density at radius 3 is 2.33 bits per heavy atom. The minimum atomic E-state index is -1.82. The van der Waals surface area contributed by atoms with Crippen LogP contribution in [0.4, 0.5) is 0 Å². The van der Waals surface area contributed by atoms with Crippen molar-refractivity contribution in [2.75, 3.05) is 26.2 Å². The smallest absolute Gasteiger partial charge is 0.414 e. The largest absolute Gasteiger partial charge is 0.494 e. The monoisotopic (exact) mass is 379 g/mol. The number of carboxylic acid groups (broad SMARTS) is 2. The Hall–Kier alpha value is -2.08. The summed E-state index contributed by atoms with van der Waals surface area (Å²) in [5.41, 5.74) is 1.36.